The minimum atomic E-state index is -3.65. The van der Waals surface area contributed by atoms with E-state index in [4.69, 9.17) is 9.47 Å². The van der Waals surface area contributed by atoms with Gasteiger partial charge in [0.25, 0.3) is 10.2 Å². The largest absolute Gasteiger partial charge is 0.468 e. The van der Waals surface area contributed by atoms with Crippen LogP contribution in [-0.2, 0) is 24.5 Å². The highest BCUT2D eigenvalue weighted by molar-refractivity contribution is 7.86. The summed E-state index contributed by atoms with van der Waals surface area (Å²) in [6, 6.07) is -0.739. The fraction of sp³-hybridized carbons (Fsp3) is 0.929. The second kappa shape index (κ2) is 6.43. The number of carbonyl (C=O) groups is 1. The van der Waals surface area contributed by atoms with Gasteiger partial charge in [-0.3, -0.25) is 4.79 Å². The highest BCUT2D eigenvalue weighted by atomic mass is 32.2. The zero-order valence-electron chi connectivity index (χ0n) is 12.9. The zero-order chi connectivity index (χ0) is 15.7. The smallest absolute Gasteiger partial charge is 0.324 e. The third-order valence-electron chi connectivity index (χ3n) is 5.07. The number of ether oxygens (including phenoxy) is 2. The first-order chi connectivity index (χ1) is 10.6. The lowest BCUT2D eigenvalue weighted by Crippen LogP contribution is -2.54. The van der Waals surface area contributed by atoms with Gasteiger partial charge in [0.1, 0.15) is 6.04 Å². The Hall–Kier alpha value is -0.700. The summed E-state index contributed by atoms with van der Waals surface area (Å²) in [5.41, 5.74) is 0. The highest BCUT2D eigenvalue weighted by Gasteiger charge is 2.52. The van der Waals surface area contributed by atoms with Crippen LogP contribution in [0, 0.1) is 5.92 Å². The molecule has 2 heterocycles. The third-order valence-corrected chi connectivity index (χ3v) is 7.14. The summed E-state index contributed by atoms with van der Waals surface area (Å²) in [5.74, 6) is -0.167. The van der Waals surface area contributed by atoms with Crippen molar-refractivity contribution < 1.29 is 22.7 Å². The second-order valence-electron chi connectivity index (χ2n) is 6.24. The van der Waals surface area contributed by atoms with Crippen LogP contribution in [0.5, 0.6) is 0 Å². The van der Waals surface area contributed by atoms with E-state index in [9.17, 15) is 13.2 Å². The number of methoxy groups -OCH3 is 1. The Morgan fingerprint density at radius 1 is 1.18 bits per heavy atom. The van der Waals surface area contributed by atoms with E-state index in [1.54, 1.807) is 0 Å². The molecule has 8 heteroatoms. The van der Waals surface area contributed by atoms with Gasteiger partial charge in [-0.1, -0.05) is 12.8 Å². The van der Waals surface area contributed by atoms with Crippen molar-refractivity contribution in [2.75, 3.05) is 33.4 Å². The topological polar surface area (TPSA) is 76.2 Å². The summed E-state index contributed by atoms with van der Waals surface area (Å²) in [6.07, 6.45) is 4.54. The molecule has 22 heavy (non-hydrogen) atoms. The van der Waals surface area contributed by atoms with Crippen LogP contribution < -0.4 is 0 Å². The van der Waals surface area contributed by atoms with E-state index in [0.717, 1.165) is 25.7 Å². The first kappa shape index (κ1) is 16.2. The van der Waals surface area contributed by atoms with Gasteiger partial charge >= 0.3 is 5.97 Å². The van der Waals surface area contributed by atoms with Crippen molar-refractivity contribution >= 4 is 16.2 Å². The number of fused-ring (bicyclic) bond motifs is 1. The molecule has 7 nitrogen and oxygen atoms in total. The summed E-state index contributed by atoms with van der Waals surface area (Å²) < 4.78 is 39.1. The first-order valence-electron chi connectivity index (χ1n) is 8.00. The summed E-state index contributed by atoms with van der Waals surface area (Å²) in [5, 5.41) is 0. The average Bonchev–Trinajstić information content (AvgIpc) is 2.95. The zero-order valence-corrected chi connectivity index (χ0v) is 13.8. The number of nitrogens with zero attached hydrogens (tertiary/aromatic N) is 2. The number of rotatable bonds is 3. The fourth-order valence-electron chi connectivity index (χ4n) is 4.00. The molecule has 3 atom stereocenters. The molecule has 2 aliphatic heterocycles. The van der Waals surface area contributed by atoms with Gasteiger partial charge in [-0.25, -0.2) is 0 Å². The van der Waals surface area contributed by atoms with E-state index in [2.05, 4.69) is 0 Å². The maximum atomic E-state index is 13.1. The Bertz CT molecular complexity index is 517. The molecule has 0 N–H and O–H groups in total. The van der Waals surface area contributed by atoms with Crippen molar-refractivity contribution in [3.63, 3.8) is 0 Å². The molecule has 1 aliphatic carbocycles. The molecule has 0 aromatic rings. The van der Waals surface area contributed by atoms with Crippen molar-refractivity contribution in [2.45, 2.75) is 44.2 Å². The predicted molar refractivity (Wildman–Crippen MR) is 79.3 cm³/mol. The molecule has 1 saturated carbocycles. The monoisotopic (exact) mass is 332 g/mol. The van der Waals surface area contributed by atoms with Gasteiger partial charge < -0.3 is 9.47 Å². The van der Waals surface area contributed by atoms with Gasteiger partial charge in [0, 0.05) is 19.1 Å². The molecule has 126 valence electrons. The molecule has 3 aliphatic rings. The van der Waals surface area contributed by atoms with E-state index in [0.29, 0.717) is 32.7 Å². The van der Waals surface area contributed by atoms with Gasteiger partial charge in [-0.05, 0) is 25.2 Å². The van der Waals surface area contributed by atoms with Crippen molar-refractivity contribution in [3.8, 4) is 0 Å². The molecule has 0 unspecified atom stereocenters. The van der Waals surface area contributed by atoms with Gasteiger partial charge in [0.05, 0.1) is 20.3 Å². The highest BCUT2D eigenvalue weighted by Crippen LogP contribution is 2.42. The van der Waals surface area contributed by atoms with Crippen LogP contribution in [-0.4, -0.2) is 68.5 Å². The summed E-state index contributed by atoms with van der Waals surface area (Å²) >= 11 is 0. The first-order valence-corrected chi connectivity index (χ1v) is 9.39. The minimum Gasteiger partial charge on any atom is -0.468 e. The van der Waals surface area contributed by atoms with E-state index in [1.807, 2.05) is 0 Å². The van der Waals surface area contributed by atoms with Crippen LogP contribution in [0.1, 0.15) is 32.1 Å². The molecular formula is C14H24N2O5S. The van der Waals surface area contributed by atoms with Crippen LogP contribution in [0.2, 0.25) is 0 Å². The van der Waals surface area contributed by atoms with Crippen LogP contribution in [0.15, 0.2) is 0 Å². The maximum absolute atomic E-state index is 13.1. The third kappa shape index (κ3) is 2.77. The SMILES string of the molecule is COC(=O)[C@@H]1C[C@H]2CCCC[C@@H]2N1S(=O)(=O)N1CCOCC1. The van der Waals surface area contributed by atoms with E-state index in [-0.39, 0.29) is 12.0 Å². The minimum absolute atomic E-state index is 0.0642. The van der Waals surface area contributed by atoms with Gasteiger partial charge in [-0.2, -0.15) is 17.0 Å². The number of hydrogen-bond donors (Lipinski definition) is 0. The van der Waals surface area contributed by atoms with Crippen LogP contribution >= 0.6 is 0 Å². The molecule has 2 saturated heterocycles. The van der Waals surface area contributed by atoms with Crippen LogP contribution in [0.4, 0.5) is 0 Å². The van der Waals surface area contributed by atoms with Gasteiger partial charge in [0.15, 0.2) is 0 Å². The van der Waals surface area contributed by atoms with Crippen LogP contribution in [0.3, 0.4) is 0 Å². The lowest BCUT2D eigenvalue weighted by Gasteiger charge is -2.37. The number of esters is 1. The average molecular weight is 332 g/mol. The number of morpholine rings is 1. The Labute approximate surface area is 131 Å². The van der Waals surface area contributed by atoms with Crippen LogP contribution in [0.25, 0.3) is 0 Å². The Balaban J connectivity index is 1.90. The summed E-state index contributed by atoms with van der Waals surface area (Å²) in [7, 11) is -2.33. The lowest BCUT2D eigenvalue weighted by molar-refractivity contribution is -0.144. The molecule has 0 aromatic heterocycles. The number of hydrogen-bond acceptors (Lipinski definition) is 5. The van der Waals surface area contributed by atoms with Crippen molar-refractivity contribution in [1.29, 1.82) is 0 Å². The lowest BCUT2D eigenvalue weighted by atomic mass is 9.85. The summed E-state index contributed by atoms with van der Waals surface area (Å²) in [6.45, 7) is 1.52. The standard InChI is InChI=1S/C14H24N2O5S/c1-20-14(17)13-10-11-4-2-3-5-12(11)16(13)22(18,19)15-6-8-21-9-7-15/h11-13H,2-10H2,1H3/t11-,12+,13+/m1/s1. The van der Waals surface area contributed by atoms with Crippen molar-refractivity contribution in [2.24, 2.45) is 5.92 Å². The Kier molecular flexibility index (Phi) is 4.72. The Morgan fingerprint density at radius 3 is 2.55 bits per heavy atom. The molecule has 0 bridgehead atoms. The van der Waals surface area contributed by atoms with E-state index >= 15 is 0 Å². The van der Waals surface area contributed by atoms with Crippen molar-refractivity contribution in [3.05, 3.63) is 0 Å². The molecular weight excluding hydrogens is 308 g/mol. The van der Waals surface area contributed by atoms with Gasteiger partial charge in [0.2, 0.25) is 0 Å². The van der Waals surface area contributed by atoms with Crippen molar-refractivity contribution in [1.82, 2.24) is 8.61 Å². The van der Waals surface area contributed by atoms with E-state index < -0.39 is 22.2 Å². The predicted octanol–water partition coefficient (Wildman–Crippen LogP) is 0.370. The van der Waals surface area contributed by atoms with E-state index in [1.165, 1.54) is 15.7 Å². The molecule has 0 amide bonds. The second-order valence-corrected chi connectivity index (χ2v) is 8.07. The molecule has 3 fully saturated rings. The quantitative estimate of drug-likeness (QED) is 0.698. The maximum Gasteiger partial charge on any atom is 0.324 e. The molecule has 0 spiro atoms. The molecule has 0 aromatic carbocycles. The number of carbonyl (C=O) groups excluding carboxylic acids is 1. The Morgan fingerprint density at radius 2 is 1.86 bits per heavy atom. The normalized spacial score (nSPS) is 34.3. The van der Waals surface area contributed by atoms with Gasteiger partial charge in [-0.15, -0.1) is 0 Å². The molecule has 0 radical (unpaired) electrons. The fourth-order valence-corrected chi connectivity index (χ4v) is 5.99. The molecule has 3 rings (SSSR count). The summed E-state index contributed by atoms with van der Waals surface area (Å²) in [4.78, 5) is 12.1.